The minimum atomic E-state index is -1.18. The van der Waals surface area contributed by atoms with E-state index in [4.69, 9.17) is 5.11 Å². The quantitative estimate of drug-likeness (QED) is 0.837. The Morgan fingerprint density at radius 2 is 2.00 bits per heavy atom. The first-order valence-corrected chi connectivity index (χ1v) is 7.40. The molecule has 1 aromatic heterocycles. The predicted molar refractivity (Wildman–Crippen MR) is 69.6 cm³/mol. The van der Waals surface area contributed by atoms with Crippen molar-refractivity contribution >= 4 is 22.7 Å². The molecule has 1 aliphatic heterocycles. The number of carboxylic acid groups (broad SMARTS) is 1. The zero-order chi connectivity index (χ0) is 13.8. The maximum absolute atomic E-state index is 12.0. The van der Waals surface area contributed by atoms with Crippen LogP contribution in [0.4, 0.5) is 0 Å². The van der Waals surface area contributed by atoms with E-state index in [1.54, 1.807) is 0 Å². The van der Waals surface area contributed by atoms with Crippen LogP contribution in [0.5, 0.6) is 0 Å². The van der Waals surface area contributed by atoms with Crippen LogP contribution in [0.25, 0.3) is 0 Å². The number of rotatable bonds is 3. The smallest absolute Gasteiger partial charge is 0.338 e. The summed E-state index contributed by atoms with van der Waals surface area (Å²) in [5, 5.41) is 11.8. The van der Waals surface area contributed by atoms with Gasteiger partial charge in [-0.2, -0.15) is 0 Å². The minimum Gasteiger partial charge on any atom is -0.478 e. The minimum absolute atomic E-state index is 0.0417. The Morgan fingerprint density at radius 1 is 1.32 bits per heavy atom. The Kier molecular flexibility index (Phi) is 4.26. The summed E-state index contributed by atoms with van der Waals surface area (Å²) in [6.07, 6.45) is 3.86. The van der Waals surface area contributed by atoms with E-state index in [1.165, 1.54) is 12.3 Å². The lowest BCUT2D eigenvalue weighted by Crippen LogP contribution is -2.40. The van der Waals surface area contributed by atoms with Gasteiger partial charge >= 0.3 is 5.97 Å². The van der Waals surface area contributed by atoms with Crippen LogP contribution in [0, 0.1) is 0 Å². The van der Waals surface area contributed by atoms with Crippen molar-refractivity contribution in [1.29, 1.82) is 0 Å². The van der Waals surface area contributed by atoms with Gasteiger partial charge in [0.25, 0.3) is 5.91 Å². The summed E-state index contributed by atoms with van der Waals surface area (Å²) in [7, 11) is -0.787. The zero-order valence-electron chi connectivity index (χ0n) is 10.2. The SMILES string of the molecule is O=C(O)c1cnccc1C(=O)NC1CCS(=O)CC1. The lowest BCUT2D eigenvalue weighted by molar-refractivity contribution is 0.0690. The highest BCUT2D eigenvalue weighted by Gasteiger charge is 2.22. The van der Waals surface area contributed by atoms with Gasteiger partial charge in [-0.1, -0.05) is 0 Å². The number of hydrogen-bond donors (Lipinski definition) is 2. The summed E-state index contributed by atoms with van der Waals surface area (Å²) in [6.45, 7) is 0. The number of amides is 1. The number of carbonyl (C=O) groups excluding carboxylic acids is 1. The molecule has 0 atom stereocenters. The number of aromatic carboxylic acids is 1. The molecule has 0 aliphatic carbocycles. The molecule has 1 aliphatic rings. The second-order valence-electron chi connectivity index (χ2n) is 4.32. The van der Waals surface area contributed by atoms with Crippen molar-refractivity contribution in [2.24, 2.45) is 0 Å². The normalized spacial score (nSPS) is 22.7. The Morgan fingerprint density at radius 3 is 2.63 bits per heavy atom. The maximum Gasteiger partial charge on any atom is 0.338 e. The van der Waals surface area contributed by atoms with Crippen molar-refractivity contribution in [2.75, 3.05) is 11.5 Å². The number of nitrogens with one attached hydrogen (secondary N) is 1. The van der Waals surface area contributed by atoms with Crippen LogP contribution < -0.4 is 5.32 Å². The molecule has 0 saturated carbocycles. The first kappa shape index (κ1) is 13.7. The Labute approximate surface area is 112 Å². The molecule has 0 bridgehead atoms. The zero-order valence-corrected chi connectivity index (χ0v) is 11.0. The van der Waals surface area contributed by atoms with E-state index in [0.29, 0.717) is 24.3 Å². The van der Waals surface area contributed by atoms with Crippen molar-refractivity contribution in [3.05, 3.63) is 29.6 Å². The van der Waals surface area contributed by atoms with Crippen molar-refractivity contribution in [3.8, 4) is 0 Å². The van der Waals surface area contributed by atoms with Gasteiger partial charge < -0.3 is 10.4 Å². The second-order valence-corrected chi connectivity index (χ2v) is 6.02. The van der Waals surface area contributed by atoms with E-state index in [-0.39, 0.29) is 17.2 Å². The molecule has 0 aromatic carbocycles. The van der Waals surface area contributed by atoms with Gasteiger partial charge in [-0.05, 0) is 18.9 Å². The Bertz CT molecular complexity index is 522. The molecule has 1 saturated heterocycles. The standard InChI is InChI=1S/C12H14N2O4S/c15-11(14-8-2-5-19(18)6-3-8)9-1-4-13-7-10(9)12(16)17/h1,4,7-8H,2-3,5-6H2,(H,14,15)(H,16,17). The number of carboxylic acids is 1. The highest BCUT2D eigenvalue weighted by molar-refractivity contribution is 7.85. The fraction of sp³-hybridized carbons (Fsp3) is 0.417. The highest BCUT2D eigenvalue weighted by atomic mass is 32.2. The molecule has 19 heavy (non-hydrogen) atoms. The molecule has 1 amide bonds. The van der Waals surface area contributed by atoms with Gasteiger partial charge in [0.15, 0.2) is 0 Å². The van der Waals surface area contributed by atoms with E-state index >= 15 is 0 Å². The van der Waals surface area contributed by atoms with Gasteiger partial charge in [0, 0.05) is 40.7 Å². The van der Waals surface area contributed by atoms with E-state index in [0.717, 1.165) is 6.20 Å². The number of aromatic nitrogens is 1. The largest absolute Gasteiger partial charge is 0.478 e. The third-order valence-corrected chi connectivity index (χ3v) is 4.40. The van der Waals surface area contributed by atoms with Crippen LogP contribution in [0.15, 0.2) is 18.5 Å². The molecule has 7 heteroatoms. The topological polar surface area (TPSA) is 96.4 Å². The van der Waals surface area contributed by atoms with Crippen molar-refractivity contribution in [1.82, 2.24) is 10.3 Å². The average Bonchev–Trinajstić information content (AvgIpc) is 2.41. The predicted octanol–water partition coefficient (Wildman–Crippen LogP) is 0.421. The van der Waals surface area contributed by atoms with Crippen molar-refractivity contribution < 1.29 is 18.9 Å². The average molecular weight is 282 g/mol. The molecule has 0 spiro atoms. The van der Waals surface area contributed by atoms with Crippen LogP contribution in [0.2, 0.25) is 0 Å². The Hall–Kier alpha value is -1.76. The van der Waals surface area contributed by atoms with Gasteiger partial charge in [0.2, 0.25) is 0 Å². The molecule has 0 radical (unpaired) electrons. The van der Waals surface area contributed by atoms with Crippen LogP contribution in [-0.4, -0.2) is 43.7 Å². The number of pyridine rings is 1. The summed E-state index contributed by atoms with van der Waals surface area (Å²) in [6, 6.07) is 1.35. The lowest BCUT2D eigenvalue weighted by atomic mass is 10.1. The van der Waals surface area contributed by atoms with Crippen LogP contribution in [0.1, 0.15) is 33.6 Å². The molecular formula is C12H14N2O4S. The molecule has 2 rings (SSSR count). The van der Waals surface area contributed by atoms with Crippen molar-refractivity contribution in [2.45, 2.75) is 18.9 Å². The molecular weight excluding hydrogens is 268 g/mol. The van der Waals surface area contributed by atoms with E-state index in [2.05, 4.69) is 10.3 Å². The summed E-state index contributed by atoms with van der Waals surface area (Å²) >= 11 is 0. The number of carbonyl (C=O) groups is 2. The van der Waals surface area contributed by atoms with E-state index < -0.39 is 22.7 Å². The van der Waals surface area contributed by atoms with Gasteiger partial charge in [0.1, 0.15) is 0 Å². The summed E-state index contributed by atoms with van der Waals surface area (Å²) in [5.74, 6) is -0.444. The fourth-order valence-corrected chi connectivity index (χ4v) is 3.26. The number of nitrogens with zero attached hydrogens (tertiary/aromatic N) is 1. The third kappa shape index (κ3) is 3.37. The first-order chi connectivity index (χ1) is 9.08. The first-order valence-electron chi connectivity index (χ1n) is 5.91. The van der Waals surface area contributed by atoms with Crippen LogP contribution in [0.3, 0.4) is 0 Å². The molecule has 6 nitrogen and oxygen atoms in total. The Balaban J connectivity index is 2.08. The lowest BCUT2D eigenvalue weighted by Gasteiger charge is -2.22. The monoisotopic (exact) mass is 282 g/mol. The number of hydrogen-bond acceptors (Lipinski definition) is 4. The summed E-state index contributed by atoms with van der Waals surface area (Å²) in [5.41, 5.74) is -0.00594. The summed E-state index contributed by atoms with van der Waals surface area (Å²) in [4.78, 5) is 26.7. The third-order valence-electron chi connectivity index (χ3n) is 3.02. The molecule has 2 heterocycles. The molecule has 1 aromatic rings. The van der Waals surface area contributed by atoms with Crippen LogP contribution >= 0.6 is 0 Å². The molecule has 102 valence electrons. The molecule has 1 fully saturated rings. The van der Waals surface area contributed by atoms with Gasteiger partial charge in [0.05, 0.1) is 11.1 Å². The van der Waals surface area contributed by atoms with E-state index in [1.807, 2.05) is 0 Å². The maximum atomic E-state index is 12.0. The summed E-state index contributed by atoms with van der Waals surface area (Å²) < 4.78 is 11.2. The van der Waals surface area contributed by atoms with Gasteiger partial charge in [-0.25, -0.2) is 4.79 Å². The molecule has 2 N–H and O–H groups in total. The van der Waals surface area contributed by atoms with E-state index in [9.17, 15) is 13.8 Å². The highest BCUT2D eigenvalue weighted by Crippen LogP contribution is 2.12. The van der Waals surface area contributed by atoms with Gasteiger partial charge in [-0.15, -0.1) is 0 Å². The van der Waals surface area contributed by atoms with Crippen LogP contribution in [-0.2, 0) is 10.8 Å². The van der Waals surface area contributed by atoms with Gasteiger partial charge in [-0.3, -0.25) is 14.0 Å². The second kappa shape index (κ2) is 5.92. The van der Waals surface area contributed by atoms with Crippen molar-refractivity contribution in [3.63, 3.8) is 0 Å². The molecule has 0 unspecified atom stereocenters. The fourth-order valence-electron chi connectivity index (χ4n) is 1.96.